The van der Waals surface area contributed by atoms with Gasteiger partial charge >= 0.3 is 0 Å². The van der Waals surface area contributed by atoms with Crippen LogP contribution in [-0.2, 0) is 4.74 Å². The summed E-state index contributed by atoms with van der Waals surface area (Å²) in [5.74, 6) is 2.44. The van der Waals surface area contributed by atoms with Crippen LogP contribution < -0.4 is 9.47 Å². The Balaban J connectivity index is 1.44. The number of H-pyrrole nitrogens is 2. The molecule has 0 aliphatic carbocycles. The van der Waals surface area contributed by atoms with Crippen molar-refractivity contribution in [3.63, 3.8) is 0 Å². The number of hydrogen-bond acceptors (Lipinski definition) is 5. The molecule has 0 radical (unpaired) electrons. The Morgan fingerprint density at radius 3 is 2.47 bits per heavy atom. The van der Waals surface area contributed by atoms with E-state index in [9.17, 15) is 0 Å². The fourth-order valence-corrected chi connectivity index (χ4v) is 6.28. The van der Waals surface area contributed by atoms with Gasteiger partial charge in [0.05, 0.1) is 61.7 Å². The van der Waals surface area contributed by atoms with Gasteiger partial charge in [-0.1, -0.05) is 30.3 Å². The lowest BCUT2D eigenvalue weighted by molar-refractivity contribution is 0.128. The summed E-state index contributed by atoms with van der Waals surface area (Å²) in [4.78, 5) is 14.8. The molecule has 7 nitrogen and oxygen atoms in total. The molecule has 2 aliphatic heterocycles. The maximum absolute atomic E-state index is 5.95. The fourth-order valence-electron chi connectivity index (χ4n) is 6.28. The van der Waals surface area contributed by atoms with Crippen LogP contribution in [0.25, 0.3) is 38.5 Å². The predicted octanol–water partition coefficient (Wildman–Crippen LogP) is 6.44. The molecule has 5 aromatic rings. The second-order valence-electron chi connectivity index (χ2n) is 9.54. The van der Waals surface area contributed by atoms with Crippen LogP contribution in [0.1, 0.15) is 48.3 Å². The highest BCUT2D eigenvalue weighted by molar-refractivity contribution is 6.12. The summed E-state index contributed by atoms with van der Waals surface area (Å²) in [6, 6.07) is 14.9. The van der Waals surface area contributed by atoms with E-state index in [-0.39, 0.29) is 12.1 Å². The van der Waals surface area contributed by atoms with Gasteiger partial charge in [-0.25, -0.2) is 0 Å². The first-order valence-electron chi connectivity index (χ1n) is 12.4. The molecule has 0 amide bonds. The minimum absolute atomic E-state index is 0.0842. The predicted molar refractivity (Wildman–Crippen MR) is 141 cm³/mol. The highest BCUT2D eigenvalue weighted by Crippen LogP contribution is 2.50. The van der Waals surface area contributed by atoms with Crippen molar-refractivity contribution >= 4 is 38.5 Å². The van der Waals surface area contributed by atoms with Gasteiger partial charge in [-0.15, -0.1) is 0 Å². The van der Waals surface area contributed by atoms with Gasteiger partial charge in [-0.2, -0.15) is 0 Å². The van der Waals surface area contributed by atoms with Crippen molar-refractivity contribution in [2.75, 3.05) is 21.3 Å². The van der Waals surface area contributed by atoms with Crippen LogP contribution >= 0.6 is 0 Å². The van der Waals surface area contributed by atoms with E-state index >= 15 is 0 Å². The topological polar surface area (TPSA) is 75.4 Å². The number of methoxy groups -OCH3 is 3. The summed E-state index contributed by atoms with van der Waals surface area (Å²) in [5, 5.41) is 3.31. The zero-order valence-corrected chi connectivity index (χ0v) is 20.6. The van der Waals surface area contributed by atoms with E-state index < -0.39 is 0 Å². The van der Waals surface area contributed by atoms with E-state index in [0.29, 0.717) is 0 Å². The first kappa shape index (κ1) is 21.2. The quantitative estimate of drug-likeness (QED) is 0.310. The average molecular weight is 481 g/mol. The number of fused-ring (bicyclic) bond motifs is 8. The lowest BCUT2D eigenvalue weighted by atomic mass is 9.87. The van der Waals surface area contributed by atoms with Gasteiger partial charge in [0.15, 0.2) is 0 Å². The monoisotopic (exact) mass is 480 g/mol. The first-order valence-corrected chi connectivity index (χ1v) is 12.4. The van der Waals surface area contributed by atoms with Crippen molar-refractivity contribution < 1.29 is 14.2 Å². The molecular formula is C29H28N4O3. The van der Waals surface area contributed by atoms with E-state index in [1.165, 1.54) is 16.6 Å². The third kappa shape index (κ3) is 2.83. The van der Waals surface area contributed by atoms with Gasteiger partial charge in [0.25, 0.3) is 0 Å². The van der Waals surface area contributed by atoms with E-state index in [4.69, 9.17) is 19.2 Å². The molecule has 7 rings (SSSR count). The molecule has 182 valence electrons. The number of ether oxygens (including phenoxy) is 3. The minimum Gasteiger partial charge on any atom is -0.495 e. The third-order valence-electron chi connectivity index (χ3n) is 7.85. The lowest BCUT2D eigenvalue weighted by Crippen LogP contribution is -2.36. The van der Waals surface area contributed by atoms with Crippen LogP contribution in [0.3, 0.4) is 0 Å². The number of rotatable bonds is 4. The van der Waals surface area contributed by atoms with E-state index in [2.05, 4.69) is 51.4 Å². The Morgan fingerprint density at radius 1 is 0.833 bits per heavy atom. The molecule has 0 bridgehead atoms. The number of para-hydroxylation sites is 2. The van der Waals surface area contributed by atoms with Crippen molar-refractivity contribution in [1.29, 1.82) is 0 Å². The number of pyridine rings is 1. The van der Waals surface area contributed by atoms with Crippen LogP contribution in [0.5, 0.6) is 11.5 Å². The van der Waals surface area contributed by atoms with Gasteiger partial charge in [0.1, 0.15) is 17.3 Å². The Morgan fingerprint density at radius 2 is 1.64 bits per heavy atom. The molecule has 2 atom stereocenters. The highest BCUT2D eigenvalue weighted by Gasteiger charge is 2.39. The maximum Gasteiger partial charge on any atom is 0.147 e. The van der Waals surface area contributed by atoms with Crippen molar-refractivity contribution in [2.24, 2.45) is 0 Å². The summed E-state index contributed by atoms with van der Waals surface area (Å²) >= 11 is 0. The number of hydrogen-bond donors (Lipinski definition) is 2. The second kappa shape index (κ2) is 7.95. The van der Waals surface area contributed by atoms with Crippen LogP contribution in [0.4, 0.5) is 0 Å². The van der Waals surface area contributed by atoms with Gasteiger partial charge in [-0.05, 0) is 31.4 Å². The van der Waals surface area contributed by atoms with E-state index in [1.54, 1.807) is 21.3 Å². The molecule has 2 aliphatic rings. The number of aromatic nitrogens is 3. The smallest absolute Gasteiger partial charge is 0.147 e. The zero-order chi connectivity index (χ0) is 24.4. The number of nitrogens with zero attached hydrogens (tertiary/aromatic N) is 2. The SMILES string of the molecule is COC1=CN2C(CCCC2c2ncc(OC)c3c2[nH]c2c(OC)cccc23)c2[nH]c3ccccc3c21. The molecular weight excluding hydrogens is 452 g/mol. The molecule has 1 saturated heterocycles. The minimum atomic E-state index is 0.0842. The van der Waals surface area contributed by atoms with Gasteiger partial charge in [0.2, 0.25) is 0 Å². The Hall–Kier alpha value is -4.13. The number of benzene rings is 2. The molecule has 5 heterocycles. The summed E-state index contributed by atoms with van der Waals surface area (Å²) in [6.07, 6.45) is 7.23. The summed E-state index contributed by atoms with van der Waals surface area (Å²) in [6.45, 7) is 0. The molecule has 3 aromatic heterocycles. The van der Waals surface area contributed by atoms with Gasteiger partial charge in [-0.3, -0.25) is 4.98 Å². The summed E-state index contributed by atoms with van der Waals surface area (Å²) in [7, 11) is 5.15. The van der Waals surface area contributed by atoms with E-state index in [0.717, 1.165) is 69.5 Å². The lowest BCUT2D eigenvalue weighted by Gasteiger charge is -2.44. The Bertz CT molecular complexity index is 1660. The number of nitrogens with one attached hydrogen (secondary N) is 2. The largest absolute Gasteiger partial charge is 0.495 e. The van der Waals surface area contributed by atoms with Crippen molar-refractivity contribution in [3.05, 3.63) is 71.8 Å². The molecule has 2 N–H and O–H groups in total. The summed E-state index contributed by atoms with van der Waals surface area (Å²) < 4.78 is 17.4. The van der Waals surface area contributed by atoms with Gasteiger partial charge < -0.3 is 29.1 Å². The van der Waals surface area contributed by atoms with Crippen molar-refractivity contribution in [3.8, 4) is 11.5 Å². The van der Waals surface area contributed by atoms with Crippen molar-refractivity contribution in [1.82, 2.24) is 19.9 Å². The molecule has 36 heavy (non-hydrogen) atoms. The highest BCUT2D eigenvalue weighted by atomic mass is 16.5. The Labute approximate surface area is 208 Å². The van der Waals surface area contributed by atoms with Crippen LogP contribution in [0.15, 0.2) is 54.9 Å². The molecule has 1 fully saturated rings. The standard InChI is InChI=1S/C29H28N4O3/c1-34-21-13-6-9-17-25-22(35-2)14-30-28(29(25)32-26(17)21)20-12-7-11-19-27-24(23(36-3)15-33(19)20)16-8-4-5-10-18(16)31-27/h4-6,8-10,13-15,19-20,31-32H,7,11-12H2,1-3H3. The fraction of sp³-hybridized carbons (Fsp3) is 0.276. The molecule has 0 saturated carbocycles. The molecule has 2 unspecified atom stereocenters. The number of piperidine rings is 1. The third-order valence-corrected chi connectivity index (χ3v) is 7.85. The second-order valence-corrected chi connectivity index (χ2v) is 9.54. The average Bonchev–Trinajstić information content (AvgIpc) is 3.51. The molecule has 2 aromatic carbocycles. The first-order chi connectivity index (χ1) is 17.7. The van der Waals surface area contributed by atoms with Crippen LogP contribution in [0, 0.1) is 0 Å². The normalized spacial score (nSPS) is 19.3. The van der Waals surface area contributed by atoms with Crippen molar-refractivity contribution in [2.45, 2.75) is 31.3 Å². The van der Waals surface area contributed by atoms with Crippen LogP contribution in [0.2, 0.25) is 0 Å². The van der Waals surface area contributed by atoms with E-state index in [1.807, 2.05) is 18.3 Å². The molecule has 0 spiro atoms. The Kier molecular flexibility index (Phi) is 4.67. The molecule has 7 heteroatoms. The van der Waals surface area contributed by atoms with Crippen LogP contribution in [-0.4, -0.2) is 41.2 Å². The number of aromatic amines is 2. The summed E-state index contributed by atoms with van der Waals surface area (Å²) in [5.41, 5.74) is 6.51. The van der Waals surface area contributed by atoms with Gasteiger partial charge in [0, 0.05) is 33.7 Å². The zero-order valence-electron chi connectivity index (χ0n) is 20.6. The maximum atomic E-state index is 5.95.